The molecule has 1 heterocycles. The molecule has 0 saturated heterocycles. The number of aromatic hydroxyl groups is 1. The fraction of sp³-hybridized carbons (Fsp3) is 0.406. The van der Waals surface area contributed by atoms with Gasteiger partial charge < -0.3 is 20.6 Å². The van der Waals surface area contributed by atoms with Gasteiger partial charge in [0.25, 0.3) is 5.91 Å². The first-order valence-electron chi connectivity index (χ1n) is 13.3. The average Bonchev–Trinajstić information content (AvgIpc) is 3.20. The summed E-state index contributed by atoms with van der Waals surface area (Å²) in [5, 5.41) is 10.5. The van der Waals surface area contributed by atoms with Crippen LogP contribution in [0.25, 0.3) is 5.57 Å². The minimum Gasteiger partial charge on any atom is -0.507 e. The number of amides is 1. The van der Waals surface area contributed by atoms with Gasteiger partial charge in [-0.1, -0.05) is 68.8 Å². The van der Waals surface area contributed by atoms with Gasteiger partial charge >= 0.3 is 0 Å². The highest BCUT2D eigenvalue weighted by Gasteiger charge is 2.30. The van der Waals surface area contributed by atoms with Crippen LogP contribution in [-0.2, 0) is 13.0 Å². The molecule has 0 aromatic heterocycles. The number of nitrogens with zero attached hydrogens (tertiary/aromatic N) is 2. The summed E-state index contributed by atoms with van der Waals surface area (Å²) < 4.78 is 0. The first kappa shape index (κ1) is 31.6. The molecular formula is C32H47N3O2. The number of phenols is 1. The van der Waals surface area contributed by atoms with Crippen molar-refractivity contribution in [2.45, 2.75) is 66.8 Å². The molecule has 0 saturated carbocycles. The molecule has 3 rings (SSSR count). The number of hydrogen-bond acceptors (Lipinski definition) is 4. The minimum atomic E-state index is -0.0586. The smallest absolute Gasteiger partial charge is 0.258 e. The molecule has 1 aliphatic rings. The van der Waals surface area contributed by atoms with Gasteiger partial charge in [0.2, 0.25) is 0 Å². The van der Waals surface area contributed by atoms with E-state index in [0.29, 0.717) is 18.7 Å². The third kappa shape index (κ3) is 10.6. The molecule has 202 valence electrons. The van der Waals surface area contributed by atoms with Crippen LogP contribution in [0, 0.1) is 0 Å². The molecule has 0 fully saturated rings. The van der Waals surface area contributed by atoms with E-state index >= 15 is 0 Å². The highest BCUT2D eigenvalue weighted by molar-refractivity contribution is 6.01. The van der Waals surface area contributed by atoms with Crippen LogP contribution >= 0.6 is 0 Å². The summed E-state index contributed by atoms with van der Waals surface area (Å²) in [6.45, 7) is 11.5. The summed E-state index contributed by atoms with van der Waals surface area (Å²) in [6, 6.07) is 14.1. The molecule has 0 atom stereocenters. The van der Waals surface area contributed by atoms with Crippen LogP contribution < -0.4 is 5.73 Å². The molecule has 0 aliphatic carbocycles. The SMILES string of the molecule is CC.CC(C)=CC/C=C\N.CC/C(=C\N(C)C)c1cc(O)c2c(c1)CN(CCCc1ccccc1)C2=O. The van der Waals surface area contributed by atoms with E-state index in [1.807, 2.05) is 62.0 Å². The minimum absolute atomic E-state index is 0.0586. The third-order valence-corrected chi connectivity index (χ3v) is 5.76. The third-order valence-electron chi connectivity index (χ3n) is 5.76. The van der Waals surface area contributed by atoms with Crippen molar-refractivity contribution in [1.82, 2.24) is 9.80 Å². The number of phenolic OH excluding ortho intramolecular Hbond substituents is 1. The fourth-order valence-electron chi connectivity index (χ4n) is 4.04. The second kappa shape index (κ2) is 17.1. The van der Waals surface area contributed by atoms with Gasteiger partial charge in [-0.2, -0.15) is 0 Å². The van der Waals surface area contributed by atoms with Gasteiger partial charge in [-0.05, 0) is 80.1 Å². The van der Waals surface area contributed by atoms with Crippen molar-refractivity contribution >= 4 is 11.5 Å². The number of rotatable bonds is 9. The number of fused-ring (bicyclic) bond motifs is 1. The average molecular weight is 506 g/mol. The lowest BCUT2D eigenvalue weighted by molar-refractivity contribution is 0.0774. The van der Waals surface area contributed by atoms with E-state index in [9.17, 15) is 9.90 Å². The van der Waals surface area contributed by atoms with Crippen LogP contribution in [0.5, 0.6) is 5.75 Å². The van der Waals surface area contributed by atoms with Crippen molar-refractivity contribution in [1.29, 1.82) is 0 Å². The Hall–Kier alpha value is -3.47. The Labute approximate surface area is 225 Å². The maximum Gasteiger partial charge on any atom is 0.258 e. The largest absolute Gasteiger partial charge is 0.507 e. The van der Waals surface area contributed by atoms with Crippen molar-refractivity contribution < 1.29 is 9.90 Å². The molecule has 5 nitrogen and oxygen atoms in total. The van der Waals surface area contributed by atoms with Gasteiger partial charge in [-0.15, -0.1) is 0 Å². The molecule has 0 spiro atoms. The highest BCUT2D eigenvalue weighted by atomic mass is 16.3. The first-order valence-corrected chi connectivity index (χ1v) is 13.3. The summed E-state index contributed by atoms with van der Waals surface area (Å²) in [5.41, 5.74) is 11.3. The number of carbonyl (C=O) groups is 1. The normalized spacial score (nSPS) is 12.4. The predicted molar refractivity (Wildman–Crippen MR) is 158 cm³/mol. The number of allylic oxidation sites excluding steroid dienone is 4. The second-order valence-corrected chi connectivity index (χ2v) is 9.26. The molecule has 2 aromatic carbocycles. The van der Waals surface area contributed by atoms with E-state index in [2.05, 4.69) is 51.2 Å². The van der Waals surface area contributed by atoms with Crippen LogP contribution in [0.4, 0.5) is 0 Å². The van der Waals surface area contributed by atoms with E-state index in [1.165, 1.54) is 11.1 Å². The molecule has 5 heteroatoms. The summed E-state index contributed by atoms with van der Waals surface area (Å²) in [4.78, 5) is 16.6. The molecule has 1 aliphatic heterocycles. The van der Waals surface area contributed by atoms with Gasteiger partial charge in [-0.25, -0.2) is 0 Å². The van der Waals surface area contributed by atoms with E-state index in [1.54, 1.807) is 12.3 Å². The Morgan fingerprint density at radius 2 is 1.81 bits per heavy atom. The lowest BCUT2D eigenvalue weighted by Crippen LogP contribution is -2.25. The van der Waals surface area contributed by atoms with Crippen molar-refractivity contribution in [2.24, 2.45) is 5.73 Å². The zero-order chi connectivity index (χ0) is 27.8. The zero-order valence-corrected chi connectivity index (χ0v) is 23.9. The van der Waals surface area contributed by atoms with E-state index < -0.39 is 0 Å². The molecule has 2 aromatic rings. The molecule has 0 bridgehead atoms. The molecular weight excluding hydrogens is 458 g/mol. The van der Waals surface area contributed by atoms with Gasteiger partial charge in [0.1, 0.15) is 5.75 Å². The first-order chi connectivity index (χ1) is 17.8. The van der Waals surface area contributed by atoms with Gasteiger partial charge in [0.05, 0.1) is 5.56 Å². The number of benzene rings is 2. The Morgan fingerprint density at radius 1 is 1.14 bits per heavy atom. The fourth-order valence-corrected chi connectivity index (χ4v) is 4.04. The Bertz CT molecular complexity index is 1050. The highest BCUT2D eigenvalue weighted by Crippen LogP contribution is 2.34. The van der Waals surface area contributed by atoms with Crippen LogP contribution in [0.2, 0.25) is 0 Å². The van der Waals surface area contributed by atoms with Gasteiger partial charge in [-0.3, -0.25) is 4.79 Å². The zero-order valence-electron chi connectivity index (χ0n) is 23.9. The number of carbonyl (C=O) groups excluding carboxylic acids is 1. The van der Waals surface area contributed by atoms with E-state index in [4.69, 9.17) is 5.73 Å². The van der Waals surface area contributed by atoms with Gasteiger partial charge in [0, 0.05) is 33.4 Å². The van der Waals surface area contributed by atoms with Crippen molar-refractivity contribution in [3.63, 3.8) is 0 Å². The number of aryl methyl sites for hydroxylation is 1. The number of nitrogens with two attached hydrogens (primary N) is 1. The second-order valence-electron chi connectivity index (χ2n) is 9.26. The summed E-state index contributed by atoms with van der Waals surface area (Å²) in [5.74, 6) is 0.0351. The van der Waals surface area contributed by atoms with Crippen LogP contribution in [0.15, 0.2) is 72.6 Å². The maximum atomic E-state index is 12.7. The van der Waals surface area contributed by atoms with Crippen molar-refractivity contribution in [3.05, 3.63) is 94.8 Å². The molecule has 37 heavy (non-hydrogen) atoms. The molecule has 0 unspecified atom stereocenters. The van der Waals surface area contributed by atoms with E-state index in [-0.39, 0.29) is 11.7 Å². The van der Waals surface area contributed by atoms with E-state index in [0.717, 1.165) is 42.4 Å². The number of hydrogen-bond donors (Lipinski definition) is 2. The monoisotopic (exact) mass is 505 g/mol. The maximum absolute atomic E-state index is 12.7. The summed E-state index contributed by atoms with van der Waals surface area (Å²) >= 11 is 0. The Kier molecular flexibility index (Phi) is 14.6. The summed E-state index contributed by atoms with van der Waals surface area (Å²) in [7, 11) is 3.97. The van der Waals surface area contributed by atoms with Crippen LogP contribution in [0.1, 0.15) is 80.9 Å². The molecule has 1 amide bonds. The van der Waals surface area contributed by atoms with Crippen LogP contribution in [0.3, 0.4) is 0 Å². The lowest BCUT2D eigenvalue weighted by atomic mass is 9.98. The van der Waals surface area contributed by atoms with Crippen molar-refractivity contribution in [3.8, 4) is 5.75 Å². The van der Waals surface area contributed by atoms with Crippen LogP contribution in [-0.4, -0.2) is 41.5 Å². The quantitative estimate of drug-likeness (QED) is 0.356. The predicted octanol–water partition coefficient (Wildman–Crippen LogP) is 7.13. The topological polar surface area (TPSA) is 69.8 Å². The Morgan fingerprint density at radius 3 is 2.38 bits per heavy atom. The Balaban J connectivity index is 0.000000586. The molecule has 3 N–H and O–H groups in total. The lowest BCUT2D eigenvalue weighted by Gasteiger charge is -2.15. The standard InChI is InChI=1S/C23H28N2O2.C7H13N.C2H6/c1-4-18(15-24(2)3)19-13-20-16-25(23(27)22(20)21(26)14-19)12-8-11-17-9-6-5-7-10-17;1-7(2)5-3-4-6-8;1-2/h5-7,9-10,13-15,26H,4,8,11-12,16H2,1-3H3;4-6H,3,8H2,1-2H3;1-2H3/b18-15+;6-4-;. The summed E-state index contributed by atoms with van der Waals surface area (Å²) in [6.07, 6.45) is 11.4. The van der Waals surface area contributed by atoms with Gasteiger partial charge in [0.15, 0.2) is 0 Å². The van der Waals surface area contributed by atoms with Crippen molar-refractivity contribution in [2.75, 3.05) is 20.6 Å². The molecule has 0 radical (unpaired) electrons.